The SMILES string of the molecule is [2H][C@H]1C[C@@H](O)CN1C(=O)C(c1cc(C)no1)C(C)C. The van der Waals surface area contributed by atoms with Crippen LogP contribution in [0.15, 0.2) is 10.6 Å². The van der Waals surface area contributed by atoms with Crippen LogP contribution in [0.5, 0.6) is 0 Å². The zero-order chi connectivity index (χ0) is 14.2. The Balaban J connectivity index is 2.22. The van der Waals surface area contributed by atoms with Crippen LogP contribution in [0, 0.1) is 12.8 Å². The van der Waals surface area contributed by atoms with E-state index in [1.54, 1.807) is 6.07 Å². The molecule has 3 atom stereocenters. The van der Waals surface area contributed by atoms with Crippen LogP contribution in [0.2, 0.25) is 0 Å². The van der Waals surface area contributed by atoms with Crippen molar-refractivity contribution in [2.45, 2.75) is 39.2 Å². The van der Waals surface area contributed by atoms with Gasteiger partial charge in [0.15, 0.2) is 0 Å². The standard InChI is InChI=1S/C13H20N2O3/c1-8(2)12(11-6-9(3)14-18-11)13(17)15-5-4-10(16)7-15/h6,8,10,12,16H,4-5,7H2,1-3H3/t10-,12?/m1/s1/i5D/t5-,10+,12?/m0. The topological polar surface area (TPSA) is 66.6 Å². The third-order valence-electron chi connectivity index (χ3n) is 3.17. The molecule has 1 aromatic heterocycles. The molecular weight excluding hydrogens is 232 g/mol. The number of aliphatic hydroxyl groups excluding tert-OH is 1. The van der Waals surface area contributed by atoms with Gasteiger partial charge in [-0.1, -0.05) is 19.0 Å². The van der Waals surface area contributed by atoms with Gasteiger partial charge < -0.3 is 14.5 Å². The van der Waals surface area contributed by atoms with Crippen molar-refractivity contribution in [3.63, 3.8) is 0 Å². The molecule has 0 spiro atoms. The van der Waals surface area contributed by atoms with Crippen molar-refractivity contribution < 1.29 is 15.8 Å². The molecule has 1 aromatic rings. The smallest absolute Gasteiger partial charge is 0.233 e. The normalized spacial score (nSPS) is 26.5. The number of rotatable bonds is 3. The summed E-state index contributed by atoms with van der Waals surface area (Å²) in [5, 5.41) is 13.4. The summed E-state index contributed by atoms with van der Waals surface area (Å²) in [5.41, 5.74) is 0.734. The third-order valence-corrected chi connectivity index (χ3v) is 3.17. The van der Waals surface area contributed by atoms with E-state index >= 15 is 0 Å². The molecule has 1 unspecified atom stereocenters. The number of likely N-dealkylation sites (tertiary alicyclic amines) is 1. The van der Waals surface area contributed by atoms with Crippen molar-refractivity contribution in [3.8, 4) is 0 Å². The summed E-state index contributed by atoms with van der Waals surface area (Å²) in [7, 11) is 0. The van der Waals surface area contributed by atoms with E-state index in [1.165, 1.54) is 4.90 Å². The largest absolute Gasteiger partial charge is 0.391 e. The summed E-state index contributed by atoms with van der Waals surface area (Å²) in [4.78, 5) is 14.0. The van der Waals surface area contributed by atoms with Crippen LogP contribution < -0.4 is 0 Å². The van der Waals surface area contributed by atoms with Gasteiger partial charge >= 0.3 is 0 Å². The Hall–Kier alpha value is -1.36. The lowest BCUT2D eigenvalue weighted by atomic mass is 9.91. The van der Waals surface area contributed by atoms with Crippen molar-refractivity contribution in [2.75, 3.05) is 13.1 Å². The average Bonchev–Trinajstić information content (AvgIpc) is 2.85. The molecule has 100 valence electrons. The number of carbonyl (C=O) groups excluding carboxylic acids is 1. The van der Waals surface area contributed by atoms with Crippen molar-refractivity contribution >= 4 is 5.91 Å². The van der Waals surface area contributed by atoms with E-state index in [0.29, 0.717) is 12.2 Å². The lowest BCUT2D eigenvalue weighted by molar-refractivity contribution is -0.133. The van der Waals surface area contributed by atoms with E-state index in [-0.39, 0.29) is 18.4 Å². The Morgan fingerprint density at radius 2 is 2.44 bits per heavy atom. The molecule has 0 aromatic carbocycles. The quantitative estimate of drug-likeness (QED) is 0.882. The molecule has 0 aliphatic carbocycles. The van der Waals surface area contributed by atoms with Gasteiger partial charge in [-0.2, -0.15) is 0 Å². The van der Waals surface area contributed by atoms with Crippen molar-refractivity contribution in [1.82, 2.24) is 10.1 Å². The fraction of sp³-hybridized carbons (Fsp3) is 0.692. The molecule has 0 radical (unpaired) electrons. The van der Waals surface area contributed by atoms with Crippen LogP contribution in [0.1, 0.15) is 39.0 Å². The molecule has 0 bridgehead atoms. The number of nitrogens with zero attached hydrogens (tertiary/aromatic N) is 2. The highest BCUT2D eigenvalue weighted by Gasteiger charge is 2.34. The van der Waals surface area contributed by atoms with Crippen molar-refractivity contribution in [1.29, 1.82) is 0 Å². The minimum Gasteiger partial charge on any atom is -0.391 e. The van der Waals surface area contributed by atoms with Crippen LogP contribution in [0.25, 0.3) is 0 Å². The summed E-state index contributed by atoms with van der Waals surface area (Å²) in [6.07, 6.45) is -0.290. The number of carbonyl (C=O) groups is 1. The monoisotopic (exact) mass is 253 g/mol. The Bertz CT molecular complexity index is 460. The Morgan fingerprint density at radius 1 is 1.72 bits per heavy atom. The minimum atomic E-state index is -0.673. The summed E-state index contributed by atoms with van der Waals surface area (Å²) in [5.74, 6) is -0.0297. The van der Waals surface area contributed by atoms with Gasteiger partial charge in [0.1, 0.15) is 11.7 Å². The second-order valence-electron chi connectivity index (χ2n) is 5.16. The number of aromatic nitrogens is 1. The van der Waals surface area contributed by atoms with Crippen LogP contribution in [-0.4, -0.2) is 40.2 Å². The van der Waals surface area contributed by atoms with Gasteiger partial charge in [-0.15, -0.1) is 0 Å². The van der Waals surface area contributed by atoms with Crippen LogP contribution >= 0.6 is 0 Å². The highest BCUT2D eigenvalue weighted by atomic mass is 16.5. The van der Waals surface area contributed by atoms with Gasteiger partial charge in [-0.25, -0.2) is 0 Å². The molecule has 5 heteroatoms. The summed E-state index contributed by atoms with van der Waals surface area (Å²) in [6.45, 7) is 5.23. The zero-order valence-corrected chi connectivity index (χ0v) is 11.0. The maximum atomic E-state index is 12.6. The lowest BCUT2D eigenvalue weighted by Gasteiger charge is -2.23. The number of amides is 1. The summed E-state index contributed by atoms with van der Waals surface area (Å²) in [6, 6.07) is 1.76. The average molecular weight is 253 g/mol. The number of hydrogen-bond donors (Lipinski definition) is 1. The maximum Gasteiger partial charge on any atom is 0.233 e. The molecule has 18 heavy (non-hydrogen) atoms. The predicted molar refractivity (Wildman–Crippen MR) is 66.0 cm³/mol. The van der Waals surface area contributed by atoms with E-state index in [0.717, 1.165) is 5.69 Å². The number of β-amino-alcohol motifs (C(OH)–C–C–N with tert-alkyl or cyclic N) is 1. The summed E-state index contributed by atoms with van der Waals surface area (Å²) >= 11 is 0. The molecular formula is C13H20N2O3. The maximum absolute atomic E-state index is 12.6. The first-order valence-electron chi connectivity index (χ1n) is 6.82. The molecule has 1 N–H and O–H groups in total. The Labute approximate surface area is 108 Å². The molecule has 2 rings (SSSR count). The predicted octanol–water partition coefficient (Wildman–Crippen LogP) is 1.32. The van der Waals surface area contributed by atoms with Crippen molar-refractivity contribution in [3.05, 3.63) is 17.5 Å². The van der Waals surface area contributed by atoms with Gasteiger partial charge in [-0.05, 0) is 19.3 Å². The fourth-order valence-electron chi connectivity index (χ4n) is 2.25. The molecule has 1 saturated heterocycles. The minimum absolute atomic E-state index is 0.0461. The van der Waals surface area contributed by atoms with Gasteiger partial charge in [0, 0.05) is 20.5 Å². The van der Waals surface area contributed by atoms with Gasteiger partial charge in [0.05, 0.1) is 11.8 Å². The first-order chi connectivity index (χ1) is 8.90. The molecule has 1 amide bonds. The number of aliphatic hydroxyl groups is 1. The highest BCUT2D eigenvalue weighted by Crippen LogP contribution is 2.28. The first kappa shape index (κ1) is 11.7. The molecule has 1 fully saturated rings. The molecule has 2 heterocycles. The van der Waals surface area contributed by atoms with Crippen LogP contribution in [0.4, 0.5) is 0 Å². The van der Waals surface area contributed by atoms with Gasteiger partial charge in [0.25, 0.3) is 0 Å². The van der Waals surface area contributed by atoms with E-state index in [4.69, 9.17) is 5.89 Å². The number of aryl methyl sites for hydroxylation is 1. The zero-order valence-electron chi connectivity index (χ0n) is 12.0. The second-order valence-corrected chi connectivity index (χ2v) is 5.16. The number of hydrogen-bond acceptors (Lipinski definition) is 4. The first-order valence-corrected chi connectivity index (χ1v) is 6.24. The highest BCUT2D eigenvalue weighted by molar-refractivity contribution is 5.83. The second kappa shape index (κ2) is 5.10. The molecule has 5 nitrogen and oxygen atoms in total. The van der Waals surface area contributed by atoms with E-state index < -0.39 is 18.5 Å². The van der Waals surface area contributed by atoms with E-state index in [2.05, 4.69) is 5.16 Å². The third kappa shape index (κ3) is 2.56. The Kier molecular flexibility index (Phi) is 3.32. The molecule has 1 aliphatic heterocycles. The van der Waals surface area contributed by atoms with Gasteiger partial charge in [0.2, 0.25) is 5.91 Å². The lowest BCUT2D eigenvalue weighted by Crippen LogP contribution is -2.35. The summed E-state index contributed by atoms with van der Waals surface area (Å²) < 4.78 is 13.1. The Morgan fingerprint density at radius 3 is 2.89 bits per heavy atom. The van der Waals surface area contributed by atoms with E-state index in [9.17, 15) is 9.90 Å². The molecule has 0 saturated carbocycles. The fourth-order valence-corrected chi connectivity index (χ4v) is 2.25. The van der Waals surface area contributed by atoms with Gasteiger partial charge in [-0.3, -0.25) is 4.79 Å². The molecule has 1 aliphatic rings. The van der Waals surface area contributed by atoms with Crippen LogP contribution in [0.3, 0.4) is 0 Å². The van der Waals surface area contributed by atoms with E-state index in [1.807, 2.05) is 20.8 Å². The van der Waals surface area contributed by atoms with Crippen molar-refractivity contribution in [2.24, 2.45) is 5.92 Å². The van der Waals surface area contributed by atoms with Crippen LogP contribution in [-0.2, 0) is 4.79 Å².